The molecule has 2 N–H and O–H groups in total. The number of nitrogens with zero attached hydrogens (tertiary/aromatic N) is 2. The summed E-state index contributed by atoms with van der Waals surface area (Å²) in [7, 11) is 4.73. The fourth-order valence-electron chi connectivity index (χ4n) is 1.83. The first-order valence-corrected chi connectivity index (χ1v) is 6.86. The monoisotopic (exact) mass is 301 g/mol. The number of urea groups is 1. The van der Waals surface area contributed by atoms with Crippen molar-refractivity contribution in [1.82, 2.24) is 15.1 Å². The average molecular weight is 301 g/mol. The molecule has 3 amide bonds. The Bertz CT molecular complexity index is 388. The molecule has 0 aromatic rings. The molecule has 0 fully saturated rings. The summed E-state index contributed by atoms with van der Waals surface area (Å²) >= 11 is 0. The van der Waals surface area contributed by atoms with E-state index in [1.165, 1.54) is 16.8 Å². The Morgan fingerprint density at radius 3 is 2.05 bits per heavy atom. The number of carbonyl (C=O) groups is 3. The Labute approximate surface area is 126 Å². The molecule has 0 saturated carbocycles. The second kappa shape index (κ2) is 7.85. The lowest BCUT2D eigenvalue weighted by molar-refractivity contribution is -0.137. The number of nitrogens with one attached hydrogen (secondary N) is 1. The quantitative estimate of drug-likeness (QED) is 0.765. The molecule has 7 nitrogen and oxygen atoms in total. The second-order valence-corrected chi connectivity index (χ2v) is 6.65. The van der Waals surface area contributed by atoms with Crippen LogP contribution in [-0.2, 0) is 9.59 Å². The van der Waals surface area contributed by atoms with Crippen LogP contribution in [0.4, 0.5) is 4.79 Å². The Morgan fingerprint density at radius 2 is 1.67 bits per heavy atom. The number of rotatable bonds is 6. The summed E-state index contributed by atoms with van der Waals surface area (Å²) in [5, 5.41) is 11.6. The first-order chi connectivity index (χ1) is 9.42. The molecule has 0 aliphatic rings. The van der Waals surface area contributed by atoms with Gasteiger partial charge < -0.3 is 20.2 Å². The molecule has 0 heterocycles. The van der Waals surface area contributed by atoms with Crippen LogP contribution in [0.5, 0.6) is 0 Å². The van der Waals surface area contributed by atoms with Gasteiger partial charge in [0.25, 0.3) is 0 Å². The van der Waals surface area contributed by atoms with Crippen molar-refractivity contribution in [2.45, 2.75) is 39.7 Å². The van der Waals surface area contributed by atoms with Crippen LogP contribution in [-0.4, -0.2) is 66.5 Å². The summed E-state index contributed by atoms with van der Waals surface area (Å²) in [4.78, 5) is 37.1. The molecule has 1 unspecified atom stereocenters. The van der Waals surface area contributed by atoms with Crippen LogP contribution in [0.1, 0.15) is 33.6 Å². The summed E-state index contributed by atoms with van der Waals surface area (Å²) in [6.07, 6.45) is 0.402. The maximum absolute atomic E-state index is 12.0. The van der Waals surface area contributed by atoms with Crippen LogP contribution >= 0.6 is 0 Å². The lowest BCUT2D eigenvalue weighted by Crippen LogP contribution is -2.47. The zero-order chi connectivity index (χ0) is 16.8. The molecular weight excluding hydrogens is 274 g/mol. The zero-order valence-corrected chi connectivity index (χ0v) is 13.8. The Kier molecular flexibility index (Phi) is 7.18. The highest BCUT2D eigenvalue weighted by Crippen LogP contribution is 2.22. The van der Waals surface area contributed by atoms with Crippen molar-refractivity contribution in [3.8, 4) is 0 Å². The predicted octanol–water partition coefficient (Wildman–Crippen LogP) is 0.996. The molecule has 0 rings (SSSR count). The van der Waals surface area contributed by atoms with E-state index in [2.05, 4.69) is 5.32 Å². The zero-order valence-electron chi connectivity index (χ0n) is 13.8. The summed E-state index contributed by atoms with van der Waals surface area (Å²) in [6.45, 7) is 5.89. The number of aliphatic carboxylic acids is 1. The highest BCUT2D eigenvalue weighted by Gasteiger charge is 2.24. The van der Waals surface area contributed by atoms with Crippen LogP contribution in [0.3, 0.4) is 0 Å². The summed E-state index contributed by atoms with van der Waals surface area (Å²) < 4.78 is 0. The predicted molar refractivity (Wildman–Crippen MR) is 80.0 cm³/mol. The third kappa shape index (κ3) is 8.88. The molecule has 7 heteroatoms. The highest BCUT2D eigenvalue weighted by molar-refractivity contribution is 5.84. The molecule has 1 atom stereocenters. The van der Waals surface area contributed by atoms with Gasteiger partial charge in [-0.25, -0.2) is 4.79 Å². The van der Waals surface area contributed by atoms with Gasteiger partial charge in [-0.2, -0.15) is 0 Å². The molecule has 0 aromatic carbocycles. The smallest absolute Gasteiger partial charge is 0.317 e. The van der Waals surface area contributed by atoms with Gasteiger partial charge in [0.15, 0.2) is 0 Å². The molecule has 0 saturated heterocycles. The number of carboxylic acid groups (broad SMARTS) is 1. The van der Waals surface area contributed by atoms with E-state index in [4.69, 9.17) is 5.11 Å². The van der Waals surface area contributed by atoms with Gasteiger partial charge in [-0.3, -0.25) is 9.59 Å². The molecule has 0 radical (unpaired) electrons. The van der Waals surface area contributed by atoms with Crippen LogP contribution in [0.25, 0.3) is 0 Å². The van der Waals surface area contributed by atoms with E-state index in [9.17, 15) is 14.4 Å². The van der Waals surface area contributed by atoms with E-state index in [0.29, 0.717) is 6.42 Å². The average Bonchev–Trinajstić information content (AvgIpc) is 2.24. The number of hydrogen-bond donors (Lipinski definition) is 2. The first-order valence-electron chi connectivity index (χ1n) is 6.86. The van der Waals surface area contributed by atoms with Crippen molar-refractivity contribution in [2.24, 2.45) is 5.41 Å². The summed E-state index contributed by atoms with van der Waals surface area (Å²) in [5.74, 6) is -1.16. The third-order valence-corrected chi connectivity index (χ3v) is 2.83. The molecule has 0 spiro atoms. The van der Waals surface area contributed by atoms with Gasteiger partial charge in [-0.15, -0.1) is 0 Å². The van der Waals surface area contributed by atoms with Gasteiger partial charge in [0, 0.05) is 27.2 Å². The number of hydrogen-bond acceptors (Lipinski definition) is 3. The summed E-state index contributed by atoms with van der Waals surface area (Å²) in [5.41, 5.74) is -0.106. The van der Waals surface area contributed by atoms with Gasteiger partial charge in [0.05, 0.1) is 6.42 Å². The normalized spacial score (nSPS) is 12.5. The molecule has 122 valence electrons. The maximum atomic E-state index is 12.0. The molecule has 0 aliphatic heterocycles. The fourth-order valence-corrected chi connectivity index (χ4v) is 1.83. The largest absolute Gasteiger partial charge is 0.481 e. The van der Waals surface area contributed by atoms with E-state index < -0.39 is 18.0 Å². The van der Waals surface area contributed by atoms with E-state index in [0.717, 1.165) is 0 Å². The molecule has 21 heavy (non-hydrogen) atoms. The van der Waals surface area contributed by atoms with Crippen molar-refractivity contribution in [2.75, 3.05) is 27.7 Å². The second-order valence-electron chi connectivity index (χ2n) is 6.65. The van der Waals surface area contributed by atoms with Crippen molar-refractivity contribution in [3.63, 3.8) is 0 Å². The Hall–Kier alpha value is -1.79. The minimum Gasteiger partial charge on any atom is -0.481 e. The van der Waals surface area contributed by atoms with Crippen LogP contribution < -0.4 is 5.32 Å². The third-order valence-electron chi connectivity index (χ3n) is 2.83. The number of amides is 3. The number of carbonyl (C=O) groups excluding carboxylic acids is 2. The molecule has 0 aromatic heterocycles. The molecular formula is C14H27N3O4. The SMILES string of the molecule is CN(C)C(=O)CN(C)C(=O)NC(CC(=O)O)CC(C)(C)C. The first kappa shape index (κ1) is 19.2. The van der Waals surface area contributed by atoms with Crippen LogP contribution in [0, 0.1) is 5.41 Å². The van der Waals surface area contributed by atoms with Crippen LogP contribution in [0.15, 0.2) is 0 Å². The lowest BCUT2D eigenvalue weighted by atomic mass is 9.87. The van der Waals surface area contributed by atoms with Crippen molar-refractivity contribution >= 4 is 17.9 Å². The number of likely N-dealkylation sites (N-methyl/N-ethyl adjacent to an activating group) is 2. The molecule has 0 aliphatic carbocycles. The fraction of sp³-hybridized carbons (Fsp3) is 0.786. The van der Waals surface area contributed by atoms with Crippen LogP contribution in [0.2, 0.25) is 0 Å². The minimum absolute atomic E-state index is 0.0475. The minimum atomic E-state index is -0.962. The van der Waals surface area contributed by atoms with E-state index >= 15 is 0 Å². The topological polar surface area (TPSA) is 90.0 Å². The standard InChI is InChI=1S/C14H27N3O4/c1-14(2,3)8-10(7-12(19)20)15-13(21)17(6)9-11(18)16(4)5/h10H,7-9H2,1-6H3,(H,15,21)(H,19,20). The summed E-state index contributed by atoms with van der Waals surface area (Å²) in [6, 6.07) is -0.910. The lowest BCUT2D eigenvalue weighted by Gasteiger charge is -2.28. The highest BCUT2D eigenvalue weighted by atomic mass is 16.4. The van der Waals surface area contributed by atoms with Gasteiger partial charge in [-0.05, 0) is 11.8 Å². The van der Waals surface area contributed by atoms with E-state index in [1.54, 1.807) is 14.1 Å². The maximum Gasteiger partial charge on any atom is 0.317 e. The van der Waals surface area contributed by atoms with Gasteiger partial charge >= 0.3 is 12.0 Å². The van der Waals surface area contributed by atoms with Crippen molar-refractivity contribution in [1.29, 1.82) is 0 Å². The van der Waals surface area contributed by atoms with Gasteiger partial charge in [0.2, 0.25) is 5.91 Å². The van der Waals surface area contributed by atoms with Gasteiger partial charge in [0.1, 0.15) is 6.54 Å². The molecule has 0 bridgehead atoms. The Morgan fingerprint density at radius 1 is 1.14 bits per heavy atom. The number of carboxylic acids is 1. The van der Waals surface area contributed by atoms with Gasteiger partial charge in [-0.1, -0.05) is 20.8 Å². The Balaban J connectivity index is 4.64. The van der Waals surface area contributed by atoms with E-state index in [-0.39, 0.29) is 24.3 Å². The van der Waals surface area contributed by atoms with Crippen molar-refractivity contribution in [3.05, 3.63) is 0 Å². The van der Waals surface area contributed by atoms with Crippen molar-refractivity contribution < 1.29 is 19.5 Å². The van der Waals surface area contributed by atoms with E-state index in [1.807, 2.05) is 20.8 Å².